The maximum absolute atomic E-state index is 12.7. The van der Waals surface area contributed by atoms with Gasteiger partial charge in [0.1, 0.15) is 0 Å². The van der Waals surface area contributed by atoms with Gasteiger partial charge in [-0.25, -0.2) is 9.59 Å². The molecule has 114 valence electrons. The van der Waals surface area contributed by atoms with Gasteiger partial charge in [0.2, 0.25) is 0 Å². The lowest BCUT2D eigenvalue weighted by atomic mass is 10.1. The first-order chi connectivity index (χ1) is 9.75. The normalized spacial score (nSPS) is 14.6. The molecule has 1 aromatic carbocycles. The van der Waals surface area contributed by atoms with Crippen LogP contribution in [0, 0.1) is 5.92 Å². The van der Waals surface area contributed by atoms with Crippen molar-refractivity contribution in [3.05, 3.63) is 29.3 Å². The number of rotatable bonds is 4. The number of hydrogen-bond acceptors (Lipinski definition) is 2. The highest BCUT2D eigenvalue weighted by molar-refractivity contribution is 5.93. The highest BCUT2D eigenvalue weighted by Crippen LogP contribution is 2.32. The highest BCUT2D eigenvalue weighted by atomic mass is 19.4. The Balaban J connectivity index is 2.14. The predicted molar refractivity (Wildman–Crippen MR) is 68.1 cm³/mol. The zero-order valence-corrected chi connectivity index (χ0v) is 10.8. The predicted octanol–water partition coefficient (Wildman–Crippen LogP) is 2.94. The molecule has 0 saturated heterocycles. The number of nitrogens with one attached hydrogen (secondary N) is 2. The Bertz CT molecular complexity index is 568. The van der Waals surface area contributed by atoms with Crippen molar-refractivity contribution in [3.8, 4) is 0 Å². The number of amides is 2. The zero-order valence-electron chi connectivity index (χ0n) is 10.8. The molecule has 2 amide bonds. The molecule has 1 aromatic rings. The number of hydrogen-bond donors (Lipinski definition) is 3. The Morgan fingerprint density at radius 2 is 1.90 bits per heavy atom. The minimum absolute atomic E-state index is 0.212. The minimum Gasteiger partial charge on any atom is -0.478 e. The van der Waals surface area contributed by atoms with E-state index in [2.05, 4.69) is 10.6 Å². The molecule has 0 bridgehead atoms. The highest BCUT2D eigenvalue weighted by Gasteiger charge is 2.32. The summed E-state index contributed by atoms with van der Waals surface area (Å²) in [7, 11) is 0. The monoisotopic (exact) mass is 302 g/mol. The van der Waals surface area contributed by atoms with Gasteiger partial charge in [0.15, 0.2) is 0 Å². The van der Waals surface area contributed by atoms with Gasteiger partial charge in [-0.05, 0) is 37.0 Å². The molecule has 0 aliphatic heterocycles. The van der Waals surface area contributed by atoms with Gasteiger partial charge in [0.05, 0.1) is 11.1 Å². The molecule has 0 unspecified atom stereocenters. The molecule has 21 heavy (non-hydrogen) atoms. The van der Waals surface area contributed by atoms with E-state index in [1.54, 1.807) is 0 Å². The van der Waals surface area contributed by atoms with E-state index in [4.69, 9.17) is 5.11 Å². The summed E-state index contributed by atoms with van der Waals surface area (Å²) in [5.41, 5.74) is -1.88. The lowest BCUT2D eigenvalue weighted by molar-refractivity contribution is -0.137. The Morgan fingerprint density at radius 3 is 2.43 bits per heavy atom. The van der Waals surface area contributed by atoms with E-state index in [0.29, 0.717) is 24.6 Å². The number of carboxylic acid groups (broad SMARTS) is 1. The Kier molecular flexibility index (Phi) is 4.06. The van der Waals surface area contributed by atoms with Gasteiger partial charge in [-0.2, -0.15) is 13.2 Å². The van der Waals surface area contributed by atoms with E-state index < -0.39 is 29.3 Å². The third-order valence-corrected chi connectivity index (χ3v) is 3.01. The molecule has 1 aliphatic rings. The fraction of sp³-hybridized carbons (Fsp3) is 0.385. The maximum atomic E-state index is 12.7. The van der Waals surface area contributed by atoms with Gasteiger partial charge in [0.25, 0.3) is 0 Å². The molecule has 0 atom stereocenters. The molecule has 0 aromatic heterocycles. The number of benzene rings is 1. The molecule has 5 nitrogen and oxygen atoms in total. The third kappa shape index (κ3) is 4.37. The summed E-state index contributed by atoms with van der Waals surface area (Å²) in [5, 5.41) is 13.6. The van der Waals surface area contributed by atoms with Crippen LogP contribution in [0.2, 0.25) is 0 Å². The average molecular weight is 302 g/mol. The minimum atomic E-state index is -4.69. The van der Waals surface area contributed by atoms with Crippen molar-refractivity contribution in [2.75, 3.05) is 11.9 Å². The summed E-state index contributed by atoms with van der Waals surface area (Å²) in [6.45, 7) is 0.455. The average Bonchev–Trinajstić information content (AvgIpc) is 3.19. The van der Waals surface area contributed by atoms with Crippen LogP contribution in [0.3, 0.4) is 0 Å². The molecule has 2 rings (SSSR count). The van der Waals surface area contributed by atoms with Crippen molar-refractivity contribution < 1.29 is 27.9 Å². The van der Waals surface area contributed by atoms with E-state index in [9.17, 15) is 22.8 Å². The van der Waals surface area contributed by atoms with Crippen LogP contribution in [-0.4, -0.2) is 23.7 Å². The molecule has 1 saturated carbocycles. The second-order valence-electron chi connectivity index (χ2n) is 4.88. The Hall–Kier alpha value is -2.25. The van der Waals surface area contributed by atoms with Crippen LogP contribution >= 0.6 is 0 Å². The summed E-state index contributed by atoms with van der Waals surface area (Å²) < 4.78 is 38.1. The zero-order chi connectivity index (χ0) is 15.6. The van der Waals surface area contributed by atoms with Crippen molar-refractivity contribution in [3.63, 3.8) is 0 Å². The standard InChI is InChI=1S/C13H13F3N2O3/c14-13(15,16)9-3-8(11(19)20)4-10(5-9)18-12(21)17-6-7-1-2-7/h3-5,7H,1-2,6H2,(H,19,20)(H2,17,18,21). The Labute approximate surface area is 118 Å². The first kappa shape index (κ1) is 15.1. The fourth-order valence-electron chi connectivity index (χ4n) is 1.72. The van der Waals surface area contributed by atoms with E-state index in [-0.39, 0.29) is 5.69 Å². The molecule has 0 spiro atoms. The second-order valence-corrected chi connectivity index (χ2v) is 4.88. The number of carbonyl (C=O) groups is 2. The van der Waals surface area contributed by atoms with E-state index in [1.165, 1.54) is 0 Å². The largest absolute Gasteiger partial charge is 0.478 e. The number of carboxylic acids is 1. The molecule has 1 fully saturated rings. The van der Waals surface area contributed by atoms with Crippen LogP contribution in [-0.2, 0) is 6.18 Å². The first-order valence-corrected chi connectivity index (χ1v) is 6.26. The number of aromatic carboxylic acids is 1. The number of carbonyl (C=O) groups excluding carboxylic acids is 1. The molecule has 1 aliphatic carbocycles. The summed E-state index contributed by atoms with van der Waals surface area (Å²) in [6, 6.07) is 1.55. The van der Waals surface area contributed by atoms with Crippen molar-refractivity contribution in [1.29, 1.82) is 0 Å². The van der Waals surface area contributed by atoms with E-state index in [0.717, 1.165) is 18.9 Å². The van der Waals surface area contributed by atoms with E-state index in [1.807, 2.05) is 0 Å². The lowest BCUT2D eigenvalue weighted by Gasteiger charge is -2.12. The summed E-state index contributed by atoms with van der Waals surface area (Å²) in [4.78, 5) is 22.4. The first-order valence-electron chi connectivity index (χ1n) is 6.26. The molecule has 3 N–H and O–H groups in total. The third-order valence-electron chi connectivity index (χ3n) is 3.01. The molecule has 8 heteroatoms. The lowest BCUT2D eigenvalue weighted by Crippen LogP contribution is -2.30. The van der Waals surface area contributed by atoms with Gasteiger partial charge in [-0.3, -0.25) is 0 Å². The number of anilines is 1. The summed E-state index contributed by atoms with van der Waals surface area (Å²) >= 11 is 0. The van der Waals surface area contributed by atoms with Crippen molar-refractivity contribution in [2.45, 2.75) is 19.0 Å². The number of urea groups is 1. The topological polar surface area (TPSA) is 78.4 Å². The Morgan fingerprint density at radius 1 is 1.24 bits per heavy atom. The quantitative estimate of drug-likeness (QED) is 0.800. The van der Waals surface area contributed by atoms with Gasteiger partial charge < -0.3 is 15.7 Å². The van der Waals surface area contributed by atoms with Crippen molar-refractivity contribution in [2.24, 2.45) is 5.92 Å². The van der Waals surface area contributed by atoms with Gasteiger partial charge in [-0.1, -0.05) is 0 Å². The smallest absolute Gasteiger partial charge is 0.416 e. The van der Waals surface area contributed by atoms with Gasteiger partial charge in [-0.15, -0.1) is 0 Å². The van der Waals surface area contributed by atoms with Gasteiger partial charge in [0, 0.05) is 12.2 Å². The van der Waals surface area contributed by atoms with Crippen LogP contribution in [0.15, 0.2) is 18.2 Å². The van der Waals surface area contributed by atoms with Crippen LogP contribution in [0.4, 0.5) is 23.7 Å². The second kappa shape index (κ2) is 5.63. The van der Waals surface area contributed by atoms with Crippen LogP contribution < -0.4 is 10.6 Å². The SMILES string of the molecule is O=C(NCC1CC1)Nc1cc(C(=O)O)cc(C(F)(F)F)c1. The van der Waals surface area contributed by atoms with Crippen LogP contribution in [0.5, 0.6) is 0 Å². The van der Waals surface area contributed by atoms with Gasteiger partial charge >= 0.3 is 18.2 Å². The molecule has 0 heterocycles. The van der Waals surface area contributed by atoms with Crippen molar-refractivity contribution in [1.82, 2.24) is 5.32 Å². The fourth-order valence-corrected chi connectivity index (χ4v) is 1.72. The van der Waals surface area contributed by atoms with Crippen LogP contribution in [0.1, 0.15) is 28.8 Å². The van der Waals surface area contributed by atoms with E-state index >= 15 is 0 Å². The molecular weight excluding hydrogens is 289 g/mol. The summed E-state index contributed by atoms with van der Waals surface area (Å²) in [6.07, 6.45) is -2.65. The maximum Gasteiger partial charge on any atom is 0.416 e. The number of alkyl halides is 3. The number of halogens is 3. The van der Waals surface area contributed by atoms with Crippen molar-refractivity contribution >= 4 is 17.7 Å². The van der Waals surface area contributed by atoms with Crippen LogP contribution in [0.25, 0.3) is 0 Å². The molecular formula is C13H13F3N2O3. The summed E-state index contributed by atoms with van der Waals surface area (Å²) in [5.74, 6) is -1.07. The molecule has 0 radical (unpaired) electrons.